The molecule has 0 aromatic heterocycles. The van der Waals surface area contributed by atoms with Crippen molar-refractivity contribution in [3.8, 4) is 0 Å². The van der Waals surface area contributed by atoms with Gasteiger partial charge in [0.1, 0.15) is 0 Å². The maximum Gasteiger partial charge on any atom is 0.225 e. The van der Waals surface area contributed by atoms with Crippen LogP contribution in [0.3, 0.4) is 0 Å². The van der Waals surface area contributed by atoms with Crippen molar-refractivity contribution in [3.05, 3.63) is 0 Å². The second-order valence-electron chi connectivity index (χ2n) is 6.08. The van der Waals surface area contributed by atoms with E-state index in [2.05, 4.69) is 20.8 Å². The topological polar surface area (TPSA) is 20.3 Å². The lowest BCUT2D eigenvalue weighted by Gasteiger charge is -2.37. The molecule has 3 unspecified atom stereocenters. The summed E-state index contributed by atoms with van der Waals surface area (Å²) in [6.45, 7) is 1.02. The lowest BCUT2D eigenvalue weighted by atomic mass is 9.95. The zero-order chi connectivity index (χ0) is 11.8. The van der Waals surface area contributed by atoms with E-state index in [1.54, 1.807) is 0 Å². The molecule has 0 spiro atoms. The maximum atomic E-state index is 12.6. The number of likely N-dealkylation sites (tertiary alicyclic amines) is 1. The SMILES string of the molecule is O=C(C1CC2CC2C1)N1CCCCC1CCBr. The van der Waals surface area contributed by atoms with Crippen LogP contribution >= 0.6 is 15.9 Å². The van der Waals surface area contributed by atoms with Gasteiger partial charge >= 0.3 is 0 Å². The van der Waals surface area contributed by atoms with E-state index in [1.165, 1.54) is 38.5 Å². The first-order chi connectivity index (χ1) is 8.29. The zero-order valence-corrected chi connectivity index (χ0v) is 12.0. The molecule has 3 atom stereocenters. The summed E-state index contributed by atoms with van der Waals surface area (Å²) in [6.07, 6.45) is 8.67. The number of amides is 1. The van der Waals surface area contributed by atoms with Gasteiger partial charge in [-0.15, -0.1) is 0 Å². The van der Waals surface area contributed by atoms with Gasteiger partial charge in [0.05, 0.1) is 0 Å². The van der Waals surface area contributed by atoms with Gasteiger partial charge < -0.3 is 4.90 Å². The summed E-state index contributed by atoms with van der Waals surface area (Å²) in [7, 11) is 0. The molecule has 0 aromatic rings. The van der Waals surface area contributed by atoms with Crippen LogP contribution in [0.1, 0.15) is 44.9 Å². The van der Waals surface area contributed by atoms with Crippen LogP contribution in [-0.2, 0) is 4.79 Å². The fourth-order valence-corrected chi connectivity index (χ4v) is 4.40. The molecule has 3 rings (SSSR count). The van der Waals surface area contributed by atoms with Crippen LogP contribution in [0, 0.1) is 17.8 Å². The number of nitrogens with zero attached hydrogens (tertiary/aromatic N) is 1. The first-order valence-corrected chi connectivity index (χ1v) is 8.28. The van der Waals surface area contributed by atoms with E-state index in [0.717, 1.165) is 30.1 Å². The number of piperidine rings is 1. The standard InChI is InChI=1S/C14H22BrNO/c15-5-4-13-3-1-2-6-16(13)14(17)12-8-10-7-11(10)9-12/h10-13H,1-9H2. The second-order valence-corrected chi connectivity index (χ2v) is 6.88. The van der Waals surface area contributed by atoms with E-state index in [1.807, 2.05) is 0 Å². The predicted molar refractivity (Wildman–Crippen MR) is 72.1 cm³/mol. The molecule has 1 amide bonds. The van der Waals surface area contributed by atoms with E-state index >= 15 is 0 Å². The molecule has 3 aliphatic rings. The molecular weight excluding hydrogens is 278 g/mol. The summed E-state index contributed by atoms with van der Waals surface area (Å²) >= 11 is 3.52. The molecule has 1 saturated heterocycles. The van der Waals surface area contributed by atoms with Crippen LogP contribution in [0.25, 0.3) is 0 Å². The van der Waals surface area contributed by atoms with Crippen molar-refractivity contribution >= 4 is 21.8 Å². The summed E-state index contributed by atoms with van der Waals surface area (Å²) in [6, 6.07) is 0.521. The number of hydrogen-bond donors (Lipinski definition) is 0. The Morgan fingerprint density at radius 2 is 1.94 bits per heavy atom. The van der Waals surface area contributed by atoms with Gasteiger partial charge in [-0.1, -0.05) is 15.9 Å². The van der Waals surface area contributed by atoms with Crippen molar-refractivity contribution < 1.29 is 4.79 Å². The Bertz CT molecular complexity index is 295. The minimum atomic E-state index is 0.384. The number of hydrogen-bond acceptors (Lipinski definition) is 1. The smallest absolute Gasteiger partial charge is 0.225 e. The third-order valence-electron chi connectivity index (χ3n) is 4.95. The zero-order valence-electron chi connectivity index (χ0n) is 10.4. The second kappa shape index (κ2) is 4.91. The Kier molecular flexibility index (Phi) is 3.47. The quantitative estimate of drug-likeness (QED) is 0.733. The van der Waals surface area contributed by atoms with E-state index in [0.29, 0.717) is 17.9 Å². The van der Waals surface area contributed by atoms with Crippen molar-refractivity contribution in [2.75, 3.05) is 11.9 Å². The van der Waals surface area contributed by atoms with Gasteiger partial charge in [0.2, 0.25) is 5.91 Å². The number of fused-ring (bicyclic) bond motifs is 1. The van der Waals surface area contributed by atoms with E-state index in [4.69, 9.17) is 0 Å². The number of carbonyl (C=O) groups excluding carboxylic acids is 1. The van der Waals surface area contributed by atoms with Crippen LogP contribution in [0.4, 0.5) is 0 Å². The average Bonchev–Trinajstić information content (AvgIpc) is 2.96. The van der Waals surface area contributed by atoms with Gasteiger partial charge in [-0.05, 0) is 56.8 Å². The van der Waals surface area contributed by atoms with Crippen LogP contribution in [-0.4, -0.2) is 28.7 Å². The Hall–Kier alpha value is -0.0500. The molecule has 0 aromatic carbocycles. The Labute approximate surface area is 112 Å². The lowest BCUT2D eigenvalue weighted by molar-refractivity contribution is -0.139. The van der Waals surface area contributed by atoms with Crippen molar-refractivity contribution in [2.45, 2.75) is 51.0 Å². The largest absolute Gasteiger partial charge is 0.339 e. The first kappa shape index (κ1) is 12.0. The molecule has 0 bridgehead atoms. The molecule has 3 fully saturated rings. The van der Waals surface area contributed by atoms with Crippen LogP contribution in [0.2, 0.25) is 0 Å². The minimum Gasteiger partial charge on any atom is -0.339 e. The summed E-state index contributed by atoms with van der Waals surface area (Å²) in [5, 5.41) is 1.03. The Balaban J connectivity index is 1.61. The molecule has 17 heavy (non-hydrogen) atoms. The van der Waals surface area contributed by atoms with Crippen LogP contribution < -0.4 is 0 Å². The van der Waals surface area contributed by atoms with Crippen molar-refractivity contribution in [1.29, 1.82) is 0 Å². The number of halogens is 1. The third-order valence-corrected chi connectivity index (χ3v) is 5.40. The summed E-state index contributed by atoms with van der Waals surface area (Å²) in [5.41, 5.74) is 0. The highest BCUT2D eigenvalue weighted by Gasteiger charge is 2.49. The van der Waals surface area contributed by atoms with Gasteiger partial charge in [-0.3, -0.25) is 4.79 Å². The lowest BCUT2D eigenvalue weighted by Crippen LogP contribution is -2.46. The highest BCUT2D eigenvalue weighted by Crippen LogP contribution is 2.54. The summed E-state index contributed by atoms with van der Waals surface area (Å²) in [5.74, 6) is 2.71. The van der Waals surface area contributed by atoms with Crippen LogP contribution in [0.5, 0.6) is 0 Å². The van der Waals surface area contributed by atoms with Crippen molar-refractivity contribution in [1.82, 2.24) is 4.90 Å². The molecule has 3 heteroatoms. The minimum absolute atomic E-state index is 0.384. The molecule has 0 N–H and O–H groups in total. The van der Waals surface area contributed by atoms with Gasteiger partial charge in [-0.2, -0.15) is 0 Å². The molecule has 1 heterocycles. The molecular formula is C14H22BrNO. The highest BCUT2D eigenvalue weighted by molar-refractivity contribution is 9.09. The normalized spacial score (nSPS) is 40.2. The average molecular weight is 300 g/mol. The van der Waals surface area contributed by atoms with Gasteiger partial charge in [-0.25, -0.2) is 0 Å². The Morgan fingerprint density at radius 3 is 2.65 bits per heavy atom. The van der Waals surface area contributed by atoms with E-state index < -0.39 is 0 Å². The predicted octanol–water partition coefficient (Wildman–Crippen LogP) is 3.20. The number of rotatable bonds is 3. The third kappa shape index (κ3) is 2.40. The van der Waals surface area contributed by atoms with Crippen molar-refractivity contribution in [2.24, 2.45) is 17.8 Å². The first-order valence-electron chi connectivity index (χ1n) is 7.16. The van der Waals surface area contributed by atoms with Crippen molar-refractivity contribution in [3.63, 3.8) is 0 Å². The monoisotopic (exact) mass is 299 g/mol. The maximum absolute atomic E-state index is 12.6. The fourth-order valence-electron chi connectivity index (χ4n) is 3.87. The van der Waals surface area contributed by atoms with E-state index in [9.17, 15) is 4.79 Å². The summed E-state index contributed by atoms with van der Waals surface area (Å²) < 4.78 is 0. The van der Waals surface area contributed by atoms with Crippen LogP contribution in [0.15, 0.2) is 0 Å². The molecule has 2 saturated carbocycles. The highest BCUT2D eigenvalue weighted by atomic mass is 79.9. The number of alkyl halides is 1. The summed E-state index contributed by atoms with van der Waals surface area (Å²) in [4.78, 5) is 14.8. The molecule has 2 nitrogen and oxygen atoms in total. The van der Waals surface area contributed by atoms with Gasteiger partial charge in [0, 0.05) is 23.8 Å². The Morgan fingerprint density at radius 1 is 1.18 bits per heavy atom. The number of carbonyl (C=O) groups is 1. The van der Waals surface area contributed by atoms with E-state index in [-0.39, 0.29) is 0 Å². The fraction of sp³-hybridized carbons (Fsp3) is 0.929. The molecule has 1 aliphatic heterocycles. The van der Waals surface area contributed by atoms with Gasteiger partial charge in [0.25, 0.3) is 0 Å². The molecule has 0 radical (unpaired) electrons. The van der Waals surface area contributed by atoms with Gasteiger partial charge in [0.15, 0.2) is 0 Å². The molecule has 2 aliphatic carbocycles. The molecule has 96 valence electrons.